The van der Waals surface area contributed by atoms with Crippen LogP contribution >= 0.6 is 22.9 Å². The highest BCUT2D eigenvalue weighted by molar-refractivity contribution is 7.12. The molecule has 6 heteroatoms. The van der Waals surface area contributed by atoms with Crippen molar-refractivity contribution in [3.63, 3.8) is 0 Å². The third-order valence-corrected chi connectivity index (χ3v) is 5.03. The molecule has 2 aromatic rings. The van der Waals surface area contributed by atoms with Gasteiger partial charge in [-0.3, -0.25) is 4.79 Å². The van der Waals surface area contributed by atoms with E-state index in [-0.39, 0.29) is 17.8 Å². The summed E-state index contributed by atoms with van der Waals surface area (Å²) < 4.78 is 0. The Kier molecular flexibility index (Phi) is 4.68. The van der Waals surface area contributed by atoms with Crippen LogP contribution in [0.3, 0.4) is 0 Å². The third kappa shape index (κ3) is 3.26. The number of nitrogens with zero attached hydrogens (tertiary/aromatic N) is 3. The van der Waals surface area contributed by atoms with E-state index in [9.17, 15) is 4.79 Å². The summed E-state index contributed by atoms with van der Waals surface area (Å²) in [4.78, 5) is 15.3. The van der Waals surface area contributed by atoms with E-state index in [2.05, 4.69) is 29.4 Å². The molecular weight excluding hydrogens is 330 g/mol. The van der Waals surface area contributed by atoms with E-state index in [0.29, 0.717) is 6.42 Å². The van der Waals surface area contributed by atoms with E-state index in [1.807, 2.05) is 36.5 Å². The number of hydrazone groups is 1. The lowest BCUT2D eigenvalue weighted by molar-refractivity contribution is -0.130. The molecule has 0 saturated heterocycles. The van der Waals surface area contributed by atoms with E-state index in [0.717, 1.165) is 21.8 Å². The summed E-state index contributed by atoms with van der Waals surface area (Å²) in [7, 11) is 4.01. The molecule has 0 N–H and O–H groups in total. The minimum atomic E-state index is -0.167. The van der Waals surface area contributed by atoms with Gasteiger partial charge in [-0.2, -0.15) is 5.10 Å². The standard InChI is InChI=1S/C17H18ClN3OS/c1-20(2)13-7-5-12(6-8-13)15-10-14(16-4-3-9-23-16)19-21(15)17(22)11-18/h3-9,15H,10-11H2,1-2H3/t15-/m1/s1. The van der Waals surface area contributed by atoms with Crippen molar-refractivity contribution in [2.24, 2.45) is 5.10 Å². The predicted molar refractivity (Wildman–Crippen MR) is 96.5 cm³/mol. The maximum atomic E-state index is 12.2. The second-order valence-corrected chi connectivity index (χ2v) is 6.82. The number of carbonyl (C=O) groups excluding carboxylic acids is 1. The van der Waals surface area contributed by atoms with Crippen molar-refractivity contribution in [3.8, 4) is 0 Å². The molecule has 23 heavy (non-hydrogen) atoms. The highest BCUT2D eigenvalue weighted by Crippen LogP contribution is 2.34. The van der Waals surface area contributed by atoms with E-state index in [1.54, 1.807) is 11.3 Å². The van der Waals surface area contributed by atoms with Crippen molar-refractivity contribution in [3.05, 3.63) is 52.2 Å². The number of carbonyl (C=O) groups is 1. The van der Waals surface area contributed by atoms with Crippen molar-refractivity contribution in [1.82, 2.24) is 5.01 Å². The molecule has 120 valence electrons. The molecule has 0 aliphatic carbocycles. The largest absolute Gasteiger partial charge is 0.378 e. The number of hydrogen-bond donors (Lipinski definition) is 0. The van der Waals surface area contributed by atoms with E-state index in [4.69, 9.17) is 11.6 Å². The Balaban J connectivity index is 1.90. The SMILES string of the molecule is CN(C)c1ccc([C@H]2CC(c3cccs3)=NN2C(=O)CCl)cc1. The van der Waals surface area contributed by atoms with Gasteiger partial charge in [-0.05, 0) is 29.1 Å². The third-order valence-electron chi connectivity index (χ3n) is 3.88. The van der Waals surface area contributed by atoms with Crippen molar-refractivity contribution >= 4 is 40.2 Å². The van der Waals surface area contributed by atoms with Crippen LogP contribution in [0.5, 0.6) is 0 Å². The fraction of sp³-hybridized carbons (Fsp3) is 0.294. The molecule has 0 saturated carbocycles. The summed E-state index contributed by atoms with van der Waals surface area (Å²) in [5.41, 5.74) is 3.14. The Bertz CT molecular complexity index is 710. The van der Waals surface area contributed by atoms with Gasteiger partial charge in [-0.1, -0.05) is 18.2 Å². The number of halogens is 1. The number of benzene rings is 1. The van der Waals surface area contributed by atoms with Crippen LogP contribution < -0.4 is 4.90 Å². The zero-order valence-electron chi connectivity index (χ0n) is 13.1. The highest BCUT2D eigenvalue weighted by atomic mass is 35.5. The van der Waals surface area contributed by atoms with Crippen LogP contribution in [0.2, 0.25) is 0 Å². The first-order valence-corrected chi connectivity index (χ1v) is 8.78. The Labute approximate surface area is 145 Å². The van der Waals surface area contributed by atoms with Gasteiger partial charge in [-0.25, -0.2) is 5.01 Å². The smallest absolute Gasteiger partial charge is 0.258 e. The second kappa shape index (κ2) is 6.72. The topological polar surface area (TPSA) is 35.9 Å². The summed E-state index contributed by atoms with van der Waals surface area (Å²) >= 11 is 7.40. The van der Waals surface area contributed by atoms with Gasteiger partial charge in [0.25, 0.3) is 5.91 Å². The molecule has 1 aromatic heterocycles. The zero-order chi connectivity index (χ0) is 16.4. The lowest BCUT2D eigenvalue weighted by Crippen LogP contribution is -2.28. The van der Waals surface area contributed by atoms with Crippen LogP contribution in [0, 0.1) is 0 Å². The molecule has 3 rings (SSSR count). The molecule has 0 spiro atoms. The fourth-order valence-corrected chi connectivity index (χ4v) is 3.49. The van der Waals surface area contributed by atoms with Crippen molar-refractivity contribution in [2.45, 2.75) is 12.5 Å². The summed E-state index contributed by atoms with van der Waals surface area (Å²) in [6.45, 7) is 0. The lowest BCUT2D eigenvalue weighted by Gasteiger charge is -2.22. The molecule has 0 radical (unpaired) electrons. The number of hydrogen-bond acceptors (Lipinski definition) is 4. The zero-order valence-corrected chi connectivity index (χ0v) is 14.6. The Hall–Kier alpha value is -1.85. The lowest BCUT2D eigenvalue weighted by atomic mass is 10.0. The van der Waals surface area contributed by atoms with Gasteiger partial charge in [0.15, 0.2) is 0 Å². The minimum Gasteiger partial charge on any atom is -0.378 e. The normalized spacial score (nSPS) is 17.3. The molecule has 1 aromatic carbocycles. The van der Waals surface area contributed by atoms with Gasteiger partial charge < -0.3 is 4.90 Å². The van der Waals surface area contributed by atoms with Crippen LogP contribution in [-0.2, 0) is 4.79 Å². The van der Waals surface area contributed by atoms with Crippen molar-refractivity contribution in [1.29, 1.82) is 0 Å². The molecule has 4 nitrogen and oxygen atoms in total. The van der Waals surface area contributed by atoms with Gasteiger partial charge >= 0.3 is 0 Å². The summed E-state index contributed by atoms with van der Waals surface area (Å²) in [6.07, 6.45) is 0.713. The molecule has 1 amide bonds. The number of anilines is 1. The summed E-state index contributed by atoms with van der Waals surface area (Å²) in [5.74, 6) is -0.229. The average Bonchev–Trinajstić information content (AvgIpc) is 3.23. The molecule has 0 bridgehead atoms. The monoisotopic (exact) mass is 347 g/mol. The maximum absolute atomic E-state index is 12.2. The van der Waals surface area contributed by atoms with E-state index >= 15 is 0 Å². The quantitative estimate of drug-likeness (QED) is 0.790. The van der Waals surface area contributed by atoms with Crippen LogP contribution in [0.1, 0.15) is 22.9 Å². The minimum absolute atomic E-state index is 0.0620. The van der Waals surface area contributed by atoms with Crippen LogP contribution in [0.15, 0.2) is 46.9 Å². The van der Waals surface area contributed by atoms with Crippen molar-refractivity contribution in [2.75, 3.05) is 24.9 Å². The first-order chi connectivity index (χ1) is 11.1. The first kappa shape index (κ1) is 16.0. The van der Waals surface area contributed by atoms with Gasteiger partial charge in [0.2, 0.25) is 0 Å². The van der Waals surface area contributed by atoms with Crippen LogP contribution in [0.4, 0.5) is 5.69 Å². The fourth-order valence-electron chi connectivity index (χ4n) is 2.65. The first-order valence-electron chi connectivity index (χ1n) is 7.37. The van der Waals surface area contributed by atoms with Crippen LogP contribution in [-0.4, -0.2) is 36.6 Å². The van der Waals surface area contributed by atoms with E-state index < -0.39 is 0 Å². The Morgan fingerprint density at radius 3 is 2.65 bits per heavy atom. The number of thiophene rings is 1. The second-order valence-electron chi connectivity index (χ2n) is 5.60. The number of rotatable bonds is 4. The molecule has 0 unspecified atom stereocenters. The predicted octanol–water partition coefficient (Wildman–Crippen LogP) is 3.73. The summed E-state index contributed by atoms with van der Waals surface area (Å²) in [6, 6.07) is 12.2. The number of alkyl halides is 1. The molecular formula is C17H18ClN3OS. The summed E-state index contributed by atoms with van der Waals surface area (Å²) in [5, 5.41) is 8.09. The number of amides is 1. The Morgan fingerprint density at radius 1 is 1.35 bits per heavy atom. The maximum Gasteiger partial charge on any atom is 0.258 e. The molecule has 1 aliphatic rings. The van der Waals surface area contributed by atoms with Gasteiger partial charge in [-0.15, -0.1) is 22.9 Å². The van der Waals surface area contributed by atoms with Gasteiger partial charge in [0.1, 0.15) is 5.88 Å². The Morgan fingerprint density at radius 2 is 2.09 bits per heavy atom. The highest BCUT2D eigenvalue weighted by Gasteiger charge is 2.32. The van der Waals surface area contributed by atoms with Crippen LogP contribution in [0.25, 0.3) is 0 Å². The van der Waals surface area contributed by atoms with Crippen molar-refractivity contribution < 1.29 is 4.79 Å². The molecule has 1 aliphatic heterocycles. The molecule has 2 heterocycles. The van der Waals surface area contributed by atoms with Gasteiger partial charge in [0.05, 0.1) is 16.6 Å². The molecule has 0 fully saturated rings. The average molecular weight is 348 g/mol. The molecule has 1 atom stereocenters. The van der Waals surface area contributed by atoms with E-state index in [1.165, 1.54) is 5.01 Å². The van der Waals surface area contributed by atoms with Gasteiger partial charge in [0, 0.05) is 26.2 Å².